The van der Waals surface area contributed by atoms with Crippen molar-refractivity contribution < 1.29 is 4.79 Å². The Labute approximate surface area is 116 Å². The molecule has 1 amide bonds. The normalized spacial score (nSPS) is 12.2. The molecular formula is C12H14Cl3NO. The van der Waals surface area contributed by atoms with Crippen molar-refractivity contribution in [3.63, 3.8) is 0 Å². The molecule has 0 aliphatic heterocycles. The van der Waals surface area contributed by atoms with Gasteiger partial charge < -0.3 is 5.32 Å². The summed E-state index contributed by atoms with van der Waals surface area (Å²) < 4.78 is 0. The number of benzene rings is 1. The van der Waals surface area contributed by atoms with E-state index in [9.17, 15) is 4.79 Å². The lowest BCUT2D eigenvalue weighted by molar-refractivity contribution is 0.0953. The molecule has 0 radical (unpaired) electrons. The lowest BCUT2D eigenvalue weighted by atomic mass is 10.2. The average Bonchev–Trinajstić information content (AvgIpc) is 2.28. The van der Waals surface area contributed by atoms with Gasteiger partial charge in [-0.25, -0.2) is 0 Å². The van der Waals surface area contributed by atoms with Crippen LogP contribution in [-0.2, 0) is 0 Å². The van der Waals surface area contributed by atoms with E-state index in [1.54, 1.807) is 18.2 Å². The molecule has 0 spiro atoms. The highest BCUT2D eigenvalue weighted by atomic mass is 35.5. The van der Waals surface area contributed by atoms with Crippen molar-refractivity contribution in [2.75, 3.05) is 6.54 Å². The molecule has 17 heavy (non-hydrogen) atoms. The topological polar surface area (TPSA) is 29.1 Å². The van der Waals surface area contributed by atoms with Crippen LogP contribution in [0.5, 0.6) is 0 Å². The molecule has 0 fully saturated rings. The van der Waals surface area contributed by atoms with Gasteiger partial charge in [0.15, 0.2) is 0 Å². The van der Waals surface area contributed by atoms with Gasteiger partial charge in [0.25, 0.3) is 5.91 Å². The van der Waals surface area contributed by atoms with E-state index in [1.165, 1.54) is 0 Å². The molecule has 1 N–H and O–H groups in total. The minimum Gasteiger partial charge on any atom is -0.352 e. The first-order chi connectivity index (χ1) is 8.04. The maximum absolute atomic E-state index is 11.8. The predicted octanol–water partition coefficient (Wildman–Crippen LogP) is 4.13. The van der Waals surface area contributed by atoms with Gasteiger partial charge >= 0.3 is 0 Å². The third-order valence-electron chi connectivity index (χ3n) is 2.36. The van der Waals surface area contributed by atoms with Gasteiger partial charge in [-0.15, -0.1) is 11.6 Å². The average molecular weight is 295 g/mol. The number of rotatable bonds is 5. The Hall–Kier alpha value is -0.440. The van der Waals surface area contributed by atoms with Gasteiger partial charge in [-0.2, -0.15) is 0 Å². The standard InChI is InChI=1S/C12H14Cl3NO/c1-2-8(13)5-6-16-12(17)10-4-3-9(14)7-11(10)15/h3-4,7-8H,2,5-6H2,1H3,(H,16,17). The maximum Gasteiger partial charge on any atom is 0.252 e. The maximum atomic E-state index is 11.8. The number of carbonyl (C=O) groups is 1. The van der Waals surface area contributed by atoms with Gasteiger partial charge in [-0.3, -0.25) is 4.79 Å². The highest BCUT2D eigenvalue weighted by molar-refractivity contribution is 6.36. The molecule has 0 saturated heterocycles. The highest BCUT2D eigenvalue weighted by Crippen LogP contribution is 2.20. The number of halogens is 3. The fourth-order valence-electron chi connectivity index (χ4n) is 1.32. The zero-order chi connectivity index (χ0) is 12.8. The third kappa shape index (κ3) is 4.74. The molecule has 5 heteroatoms. The van der Waals surface area contributed by atoms with Gasteiger partial charge in [-0.05, 0) is 31.0 Å². The fraction of sp³-hybridized carbons (Fsp3) is 0.417. The molecule has 1 atom stereocenters. The van der Waals surface area contributed by atoms with Crippen LogP contribution in [-0.4, -0.2) is 17.8 Å². The summed E-state index contributed by atoms with van der Waals surface area (Å²) in [7, 11) is 0. The number of alkyl halides is 1. The zero-order valence-electron chi connectivity index (χ0n) is 9.47. The van der Waals surface area contributed by atoms with Crippen molar-refractivity contribution in [3.05, 3.63) is 33.8 Å². The molecule has 0 aromatic heterocycles. The first-order valence-corrected chi connectivity index (χ1v) is 6.61. The lowest BCUT2D eigenvalue weighted by Gasteiger charge is -2.09. The molecule has 1 aromatic rings. The second-order valence-corrected chi connectivity index (χ2v) is 5.14. The molecule has 0 bridgehead atoms. The number of hydrogen-bond donors (Lipinski definition) is 1. The number of nitrogens with one attached hydrogen (secondary N) is 1. The second-order valence-electron chi connectivity index (χ2n) is 3.67. The van der Waals surface area contributed by atoms with Crippen molar-refractivity contribution in [2.24, 2.45) is 0 Å². The lowest BCUT2D eigenvalue weighted by Crippen LogP contribution is -2.26. The summed E-state index contributed by atoms with van der Waals surface area (Å²) in [5.74, 6) is -0.202. The van der Waals surface area contributed by atoms with Crippen LogP contribution in [0.1, 0.15) is 30.1 Å². The smallest absolute Gasteiger partial charge is 0.252 e. The Morgan fingerprint density at radius 3 is 2.71 bits per heavy atom. The quantitative estimate of drug-likeness (QED) is 0.813. The Morgan fingerprint density at radius 2 is 2.12 bits per heavy atom. The Kier molecular flexibility index (Phi) is 6.10. The Balaban J connectivity index is 2.52. The van der Waals surface area contributed by atoms with Crippen molar-refractivity contribution in [3.8, 4) is 0 Å². The summed E-state index contributed by atoms with van der Waals surface area (Å²) in [6.45, 7) is 2.55. The van der Waals surface area contributed by atoms with Crippen LogP contribution in [0, 0.1) is 0 Å². The van der Waals surface area contributed by atoms with Crippen LogP contribution in [0.15, 0.2) is 18.2 Å². The molecule has 1 rings (SSSR count). The molecule has 0 heterocycles. The number of carbonyl (C=O) groups excluding carboxylic acids is 1. The highest BCUT2D eigenvalue weighted by Gasteiger charge is 2.10. The van der Waals surface area contributed by atoms with Gasteiger partial charge in [0, 0.05) is 16.9 Å². The van der Waals surface area contributed by atoms with E-state index in [1.807, 2.05) is 6.92 Å². The van der Waals surface area contributed by atoms with Crippen LogP contribution in [0.2, 0.25) is 10.0 Å². The molecule has 0 saturated carbocycles. The summed E-state index contributed by atoms with van der Waals surface area (Å²) in [4.78, 5) is 11.8. The van der Waals surface area contributed by atoms with E-state index in [0.29, 0.717) is 22.2 Å². The monoisotopic (exact) mass is 293 g/mol. The van der Waals surface area contributed by atoms with E-state index < -0.39 is 0 Å². The minimum absolute atomic E-state index is 0.0935. The third-order valence-corrected chi connectivity index (χ3v) is 3.44. The van der Waals surface area contributed by atoms with Crippen LogP contribution in [0.4, 0.5) is 0 Å². The summed E-state index contributed by atoms with van der Waals surface area (Å²) in [5, 5.41) is 3.73. The van der Waals surface area contributed by atoms with Gasteiger partial charge in [0.05, 0.1) is 10.6 Å². The van der Waals surface area contributed by atoms with Gasteiger partial charge in [0.2, 0.25) is 0 Å². The van der Waals surface area contributed by atoms with Crippen LogP contribution >= 0.6 is 34.8 Å². The first-order valence-electron chi connectivity index (χ1n) is 5.42. The summed E-state index contributed by atoms with van der Waals surface area (Å²) >= 11 is 17.6. The molecular weight excluding hydrogens is 280 g/mol. The van der Waals surface area contributed by atoms with Crippen LogP contribution in [0.3, 0.4) is 0 Å². The van der Waals surface area contributed by atoms with E-state index in [-0.39, 0.29) is 11.3 Å². The van der Waals surface area contributed by atoms with Crippen LogP contribution < -0.4 is 5.32 Å². The molecule has 0 aliphatic rings. The minimum atomic E-state index is -0.202. The summed E-state index contributed by atoms with van der Waals surface area (Å²) in [6.07, 6.45) is 1.63. The summed E-state index contributed by atoms with van der Waals surface area (Å²) in [6, 6.07) is 4.80. The second kappa shape index (κ2) is 7.10. The van der Waals surface area contributed by atoms with E-state index >= 15 is 0 Å². The van der Waals surface area contributed by atoms with E-state index in [2.05, 4.69) is 5.32 Å². The summed E-state index contributed by atoms with van der Waals surface area (Å²) in [5.41, 5.74) is 0.429. The SMILES string of the molecule is CCC(Cl)CCNC(=O)c1ccc(Cl)cc1Cl. The zero-order valence-corrected chi connectivity index (χ0v) is 11.7. The Morgan fingerprint density at radius 1 is 1.41 bits per heavy atom. The van der Waals surface area contributed by atoms with Crippen LogP contribution in [0.25, 0.3) is 0 Å². The van der Waals surface area contributed by atoms with Gasteiger partial charge in [0.1, 0.15) is 0 Å². The largest absolute Gasteiger partial charge is 0.352 e. The van der Waals surface area contributed by atoms with Gasteiger partial charge in [-0.1, -0.05) is 30.1 Å². The number of hydrogen-bond acceptors (Lipinski definition) is 1. The number of amides is 1. The molecule has 1 unspecified atom stereocenters. The fourth-order valence-corrected chi connectivity index (χ4v) is 1.92. The Bertz CT molecular complexity index is 395. The van der Waals surface area contributed by atoms with Crippen molar-refractivity contribution >= 4 is 40.7 Å². The first kappa shape index (κ1) is 14.6. The van der Waals surface area contributed by atoms with E-state index in [4.69, 9.17) is 34.8 Å². The van der Waals surface area contributed by atoms with E-state index in [0.717, 1.165) is 12.8 Å². The molecule has 1 aromatic carbocycles. The van der Waals surface area contributed by atoms with Crippen molar-refractivity contribution in [1.29, 1.82) is 0 Å². The molecule has 2 nitrogen and oxygen atoms in total. The predicted molar refractivity (Wildman–Crippen MR) is 73.3 cm³/mol. The van der Waals surface area contributed by atoms with Crippen molar-refractivity contribution in [2.45, 2.75) is 25.1 Å². The molecule has 0 aliphatic carbocycles. The van der Waals surface area contributed by atoms with Crippen molar-refractivity contribution in [1.82, 2.24) is 5.32 Å². The molecule has 94 valence electrons.